The maximum absolute atomic E-state index is 15.5. The van der Waals surface area contributed by atoms with Crippen molar-refractivity contribution in [2.75, 3.05) is 32.8 Å². The van der Waals surface area contributed by atoms with Crippen molar-refractivity contribution in [2.24, 2.45) is 10.4 Å². The van der Waals surface area contributed by atoms with Crippen LogP contribution in [0.25, 0.3) is 0 Å². The van der Waals surface area contributed by atoms with E-state index in [0.29, 0.717) is 6.07 Å². The summed E-state index contributed by atoms with van der Waals surface area (Å²) < 4.78 is 94.6. The Morgan fingerprint density at radius 2 is 2.00 bits per heavy atom. The van der Waals surface area contributed by atoms with Crippen molar-refractivity contribution in [1.82, 2.24) is 20.3 Å². The van der Waals surface area contributed by atoms with Crippen LogP contribution in [0.15, 0.2) is 40.0 Å². The van der Waals surface area contributed by atoms with Gasteiger partial charge in [0.15, 0.2) is 28.3 Å². The summed E-state index contributed by atoms with van der Waals surface area (Å²) in [5.41, 5.74) is -2.74. The molecule has 2 N–H and O–H groups in total. The molecule has 45 heavy (non-hydrogen) atoms. The average molecular weight is 662 g/mol. The van der Waals surface area contributed by atoms with E-state index < -0.39 is 90.2 Å². The number of nitrogens with zero attached hydrogens (tertiary/aromatic N) is 4. The number of rotatable bonds is 10. The lowest BCUT2D eigenvalue weighted by atomic mass is 9.87. The molecule has 2 aromatic rings. The highest BCUT2D eigenvalue weighted by Gasteiger charge is 2.61. The summed E-state index contributed by atoms with van der Waals surface area (Å²) in [5.74, 6) is -10.7. The van der Waals surface area contributed by atoms with Gasteiger partial charge in [-0.3, -0.25) is 19.5 Å². The van der Waals surface area contributed by atoms with Crippen LogP contribution >= 0.6 is 11.3 Å². The van der Waals surface area contributed by atoms with E-state index in [-0.39, 0.29) is 35.3 Å². The van der Waals surface area contributed by atoms with Gasteiger partial charge in [0, 0.05) is 29.4 Å². The van der Waals surface area contributed by atoms with Crippen LogP contribution in [0.1, 0.15) is 37.4 Å². The van der Waals surface area contributed by atoms with E-state index >= 15 is 17.6 Å². The Balaban J connectivity index is 1.53. The van der Waals surface area contributed by atoms with Gasteiger partial charge in [0.2, 0.25) is 0 Å². The highest BCUT2D eigenvalue weighted by Crippen LogP contribution is 2.42. The number of halogens is 6. The van der Waals surface area contributed by atoms with Gasteiger partial charge < -0.3 is 15.2 Å². The summed E-state index contributed by atoms with van der Waals surface area (Å²) in [4.78, 5) is 40.1. The van der Waals surface area contributed by atoms with Gasteiger partial charge in [0.25, 0.3) is 5.92 Å². The molecular formula is C28H29F6N5O5S. The zero-order chi connectivity index (χ0) is 32.8. The van der Waals surface area contributed by atoms with Gasteiger partial charge in [-0.05, 0) is 26.8 Å². The summed E-state index contributed by atoms with van der Waals surface area (Å²) in [6.07, 6.45) is -0.609. The number of carbonyl (C=O) groups is 2. The summed E-state index contributed by atoms with van der Waals surface area (Å²) in [6.45, 7) is 1.35. The molecule has 0 radical (unpaired) electrons. The maximum Gasteiger partial charge on any atom is 0.338 e. The van der Waals surface area contributed by atoms with Gasteiger partial charge in [0.05, 0.1) is 43.3 Å². The fraction of sp³-hybridized carbons (Fsp3) is 0.500. The number of aliphatic imine (C=N–C) groups is 1. The van der Waals surface area contributed by atoms with Crippen molar-refractivity contribution in [3.8, 4) is 0 Å². The predicted molar refractivity (Wildman–Crippen MR) is 148 cm³/mol. The van der Waals surface area contributed by atoms with E-state index in [1.807, 2.05) is 0 Å². The van der Waals surface area contributed by atoms with Crippen molar-refractivity contribution in [3.63, 3.8) is 0 Å². The van der Waals surface area contributed by atoms with E-state index in [0.717, 1.165) is 36.3 Å². The molecule has 1 aromatic carbocycles. The molecule has 4 heterocycles. The molecule has 244 valence electrons. The normalized spacial score (nSPS) is 24.3. The van der Waals surface area contributed by atoms with Crippen LogP contribution in [0, 0.1) is 22.9 Å². The molecule has 0 bridgehead atoms. The number of fused-ring (bicyclic) bond motifs is 1. The van der Waals surface area contributed by atoms with Gasteiger partial charge >= 0.3 is 11.9 Å². The van der Waals surface area contributed by atoms with Crippen molar-refractivity contribution < 1.29 is 50.6 Å². The minimum absolute atomic E-state index is 0.0187. The molecule has 17 heteroatoms. The zero-order valence-corrected chi connectivity index (χ0v) is 25.0. The third-order valence-corrected chi connectivity index (χ3v) is 8.83. The van der Waals surface area contributed by atoms with E-state index in [4.69, 9.17) is 9.57 Å². The Morgan fingerprint density at radius 3 is 2.64 bits per heavy atom. The summed E-state index contributed by atoms with van der Waals surface area (Å²) in [7, 11) is 0. The molecule has 0 saturated carbocycles. The number of hydrogen-bond donors (Lipinski definition) is 2. The van der Waals surface area contributed by atoms with Gasteiger partial charge in [-0.15, -0.1) is 11.3 Å². The first-order chi connectivity index (χ1) is 21.2. The Morgan fingerprint density at radius 1 is 1.27 bits per heavy atom. The molecule has 3 aliphatic heterocycles. The van der Waals surface area contributed by atoms with Crippen LogP contribution < -0.4 is 5.32 Å². The largest absolute Gasteiger partial charge is 0.481 e. The molecule has 3 aliphatic rings. The number of esters is 1. The smallest absolute Gasteiger partial charge is 0.338 e. The monoisotopic (exact) mass is 661 g/mol. The SMILES string of the molecule is CCOC(=O)C1=C(CN2CC(F)(F)[C@@H]3[C@H]2CON3C[C@@H](F)C(C)(C)C(=O)O)NC(c2nccs2)=N[C@H]1c1ccc(F)c(F)c1F. The summed E-state index contributed by atoms with van der Waals surface area (Å²) in [5, 5.41) is 14.9. The first kappa shape index (κ1) is 32.8. The number of thiazole rings is 1. The van der Waals surface area contributed by atoms with Gasteiger partial charge in [-0.25, -0.2) is 36.1 Å². The van der Waals surface area contributed by atoms with Crippen LogP contribution in [0.4, 0.5) is 26.3 Å². The molecule has 0 aliphatic carbocycles. The van der Waals surface area contributed by atoms with Crippen LogP contribution in [0.5, 0.6) is 0 Å². The van der Waals surface area contributed by atoms with Crippen LogP contribution in [0.3, 0.4) is 0 Å². The second-order valence-electron chi connectivity index (χ2n) is 11.3. The third-order valence-electron chi connectivity index (χ3n) is 8.05. The zero-order valence-electron chi connectivity index (χ0n) is 24.2. The lowest BCUT2D eigenvalue weighted by Crippen LogP contribution is -2.50. The molecule has 0 spiro atoms. The fourth-order valence-corrected chi connectivity index (χ4v) is 6.06. The Labute approximate surface area is 257 Å². The number of amidine groups is 1. The lowest BCUT2D eigenvalue weighted by molar-refractivity contribution is -0.196. The van der Waals surface area contributed by atoms with E-state index in [1.165, 1.54) is 18.0 Å². The number of nitrogens with one attached hydrogen (secondary N) is 1. The number of carboxylic acid groups (broad SMARTS) is 1. The number of aromatic nitrogens is 1. The highest BCUT2D eigenvalue weighted by molar-refractivity contribution is 7.11. The molecule has 10 nitrogen and oxygen atoms in total. The number of hydrogen-bond acceptors (Lipinski definition) is 10. The minimum atomic E-state index is -3.47. The minimum Gasteiger partial charge on any atom is -0.481 e. The lowest BCUT2D eigenvalue weighted by Gasteiger charge is -2.31. The number of ether oxygens (including phenoxy) is 1. The number of benzene rings is 1. The molecule has 2 saturated heterocycles. The van der Waals surface area contributed by atoms with Crippen LogP contribution in [0.2, 0.25) is 0 Å². The van der Waals surface area contributed by atoms with Crippen molar-refractivity contribution in [2.45, 2.75) is 51.0 Å². The molecule has 0 amide bonds. The summed E-state index contributed by atoms with van der Waals surface area (Å²) in [6, 6.07) is -2.68. The number of carbonyl (C=O) groups excluding carboxylic acids is 1. The fourth-order valence-electron chi connectivity index (χ4n) is 5.47. The number of carboxylic acids is 1. The highest BCUT2D eigenvalue weighted by atomic mass is 32.1. The molecular weight excluding hydrogens is 632 g/mol. The standard InChI is InChI=1S/C28H29F6N5O5S/c1-4-43-25(40)18-15(36-23(24-35-7-8-45-24)37-21(18)13-5-6-14(29)20(32)19(13)31)9-38-12-28(33,34)22-16(38)11-44-39(22)10-17(30)27(2,3)26(41)42/h5-8,16-17,21-22H,4,9-12H2,1-3H3,(H,36,37)(H,41,42)/t16-,17-,21+,22+/m1/s1. The molecule has 5 rings (SSSR count). The molecule has 1 aromatic heterocycles. The van der Waals surface area contributed by atoms with Crippen LogP contribution in [-0.4, -0.2) is 94.9 Å². The van der Waals surface area contributed by atoms with E-state index in [1.54, 1.807) is 5.38 Å². The van der Waals surface area contributed by atoms with E-state index in [2.05, 4.69) is 15.3 Å². The number of alkyl halides is 3. The number of hydroxylamine groups is 2. The predicted octanol–water partition coefficient (Wildman–Crippen LogP) is 3.85. The quantitative estimate of drug-likeness (QED) is 0.223. The Hall–Kier alpha value is -3.54. The van der Waals surface area contributed by atoms with Gasteiger partial charge in [-0.2, -0.15) is 5.06 Å². The van der Waals surface area contributed by atoms with E-state index in [9.17, 15) is 23.5 Å². The van der Waals surface area contributed by atoms with Crippen molar-refractivity contribution in [1.29, 1.82) is 0 Å². The first-order valence-electron chi connectivity index (χ1n) is 13.8. The van der Waals surface area contributed by atoms with Gasteiger partial charge in [-0.1, -0.05) is 6.07 Å². The maximum atomic E-state index is 15.5. The average Bonchev–Trinajstić information content (AvgIpc) is 3.71. The Bertz CT molecular complexity index is 1540. The van der Waals surface area contributed by atoms with Crippen LogP contribution in [-0.2, 0) is 19.2 Å². The first-order valence-corrected chi connectivity index (χ1v) is 14.7. The number of aliphatic carboxylic acids is 1. The number of likely N-dealkylation sites (tertiary alicyclic amines) is 1. The second-order valence-corrected chi connectivity index (χ2v) is 12.2. The molecule has 2 fully saturated rings. The van der Waals surface area contributed by atoms with Crippen molar-refractivity contribution in [3.05, 3.63) is 63.0 Å². The third kappa shape index (κ3) is 6.05. The Kier molecular flexibility index (Phi) is 9.00. The van der Waals surface area contributed by atoms with Gasteiger partial charge in [0.1, 0.15) is 18.3 Å². The van der Waals surface area contributed by atoms with Crippen molar-refractivity contribution >= 4 is 29.1 Å². The second kappa shape index (κ2) is 12.3. The molecule has 4 atom stereocenters. The molecule has 0 unspecified atom stereocenters. The summed E-state index contributed by atoms with van der Waals surface area (Å²) >= 11 is 1.12. The topological polar surface area (TPSA) is 117 Å².